The Morgan fingerprint density at radius 3 is 2.87 bits per heavy atom. The van der Waals surface area contributed by atoms with Crippen molar-refractivity contribution in [3.63, 3.8) is 0 Å². The highest BCUT2D eigenvalue weighted by atomic mass is 35.5. The van der Waals surface area contributed by atoms with Gasteiger partial charge < -0.3 is 25.6 Å². The number of halogens is 1. The van der Waals surface area contributed by atoms with Crippen molar-refractivity contribution < 1.29 is 19.7 Å². The van der Waals surface area contributed by atoms with Gasteiger partial charge in [-0.2, -0.15) is 0 Å². The monoisotopic (exact) mass is 432 g/mol. The molecular weight excluding hydrogens is 412 g/mol. The summed E-state index contributed by atoms with van der Waals surface area (Å²) in [7, 11) is 0. The summed E-state index contributed by atoms with van der Waals surface area (Å²) in [5.74, 6) is 0.00140. The first kappa shape index (κ1) is 20.5. The molecule has 11 heteroatoms. The van der Waals surface area contributed by atoms with Crippen LogP contribution in [0.1, 0.15) is 18.7 Å². The molecule has 4 N–H and O–H groups in total. The lowest BCUT2D eigenvalue weighted by molar-refractivity contribution is -0.137. The molecule has 3 aromatic rings. The Kier molecular flexibility index (Phi) is 5.82. The number of nitrogens with zero attached hydrogens (tertiary/aromatic N) is 4. The van der Waals surface area contributed by atoms with Gasteiger partial charge in [-0.15, -0.1) is 0 Å². The molecule has 4 rings (SSSR count). The number of imidazole rings is 1. The maximum atomic E-state index is 12.1. The summed E-state index contributed by atoms with van der Waals surface area (Å²) < 4.78 is 7.13. The quantitative estimate of drug-likeness (QED) is 0.450. The number of fused-ring (bicyclic) bond motifs is 1. The average molecular weight is 433 g/mol. The van der Waals surface area contributed by atoms with Crippen LogP contribution < -0.4 is 10.6 Å². The second-order valence-corrected chi connectivity index (χ2v) is 7.29. The van der Waals surface area contributed by atoms with Gasteiger partial charge in [0.05, 0.1) is 6.33 Å². The van der Waals surface area contributed by atoms with E-state index in [2.05, 4.69) is 25.6 Å². The van der Waals surface area contributed by atoms with Gasteiger partial charge in [-0.1, -0.05) is 23.7 Å². The molecule has 30 heavy (non-hydrogen) atoms. The number of aromatic nitrogens is 4. The zero-order valence-electron chi connectivity index (χ0n) is 16.1. The minimum absolute atomic E-state index is 0.384. The molecule has 4 unspecified atom stereocenters. The molecule has 0 radical (unpaired) electrons. The number of aliphatic hydroxyl groups excluding tert-OH is 2. The summed E-state index contributed by atoms with van der Waals surface area (Å²) in [4.78, 5) is 24.9. The molecule has 2 aromatic heterocycles. The van der Waals surface area contributed by atoms with E-state index in [-0.39, 0.29) is 0 Å². The Morgan fingerprint density at radius 1 is 1.27 bits per heavy atom. The van der Waals surface area contributed by atoms with Gasteiger partial charge in [-0.05, 0) is 24.6 Å². The lowest BCUT2D eigenvalue weighted by atomic mass is 10.1. The number of hydrogen-bond donors (Lipinski definition) is 4. The van der Waals surface area contributed by atoms with Gasteiger partial charge in [-0.3, -0.25) is 9.36 Å². The first-order valence-corrected chi connectivity index (χ1v) is 9.82. The number of benzene rings is 1. The fourth-order valence-corrected chi connectivity index (χ4v) is 3.59. The number of hydrogen-bond acceptors (Lipinski definition) is 8. The predicted octanol–water partition coefficient (Wildman–Crippen LogP) is 0.847. The summed E-state index contributed by atoms with van der Waals surface area (Å²) >= 11 is 6.02. The first-order chi connectivity index (χ1) is 14.5. The number of aliphatic hydroxyl groups is 2. The van der Waals surface area contributed by atoms with Crippen molar-refractivity contribution in [2.45, 2.75) is 38.0 Å². The normalized spacial score (nSPS) is 23.6. The third-order valence-corrected chi connectivity index (χ3v) is 5.06. The van der Waals surface area contributed by atoms with Crippen LogP contribution in [0.2, 0.25) is 5.02 Å². The molecule has 1 aromatic carbocycles. The molecule has 0 saturated carbocycles. The van der Waals surface area contributed by atoms with E-state index in [4.69, 9.17) is 16.3 Å². The zero-order chi connectivity index (χ0) is 21.3. The lowest BCUT2D eigenvalue weighted by Crippen LogP contribution is -2.42. The van der Waals surface area contributed by atoms with Crippen molar-refractivity contribution >= 4 is 34.5 Å². The van der Waals surface area contributed by atoms with E-state index in [0.717, 1.165) is 5.56 Å². The molecule has 10 nitrogen and oxygen atoms in total. The smallest absolute Gasteiger partial charge is 0.252 e. The molecule has 1 aliphatic rings. The Labute approximate surface area is 176 Å². The molecule has 3 heterocycles. The van der Waals surface area contributed by atoms with Crippen molar-refractivity contribution in [1.82, 2.24) is 24.8 Å². The van der Waals surface area contributed by atoms with Crippen LogP contribution in [-0.2, 0) is 16.1 Å². The fourth-order valence-electron chi connectivity index (χ4n) is 3.38. The van der Waals surface area contributed by atoms with Crippen LogP contribution >= 0.6 is 11.6 Å². The number of nitrogens with one attached hydrogen (secondary N) is 2. The highest BCUT2D eigenvalue weighted by Crippen LogP contribution is 2.32. The van der Waals surface area contributed by atoms with E-state index in [0.29, 0.717) is 35.1 Å². The Balaban J connectivity index is 1.58. The van der Waals surface area contributed by atoms with Crippen LogP contribution in [0, 0.1) is 0 Å². The Hall–Kier alpha value is -2.79. The van der Waals surface area contributed by atoms with Crippen molar-refractivity contribution in [3.8, 4) is 0 Å². The van der Waals surface area contributed by atoms with Crippen LogP contribution in [0.25, 0.3) is 11.2 Å². The summed E-state index contributed by atoms with van der Waals surface area (Å²) in [5, 5.41) is 27.1. The van der Waals surface area contributed by atoms with E-state index in [1.165, 1.54) is 17.2 Å². The first-order valence-electron chi connectivity index (χ1n) is 9.44. The summed E-state index contributed by atoms with van der Waals surface area (Å²) in [6.45, 7) is 2.61. The van der Waals surface area contributed by atoms with E-state index < -0.39 is 30.4 Å². The molecule has 1 amide bonds. The standard InChI is InChI=1S/C19H21ClN6O4/c1-2-21-18(29)15-13(27)14(28)19(30-15)26-9-25-12-16(23-8-24-17(12)26)22-7-10-4-3-5-11(20)6-10/h3-6,8-9,13-15,19,27-28H,2,7H2,1H3,(H,21,29)(H,22,23,24). The molecule has 1 aliphatic heterocycles. The maximum absolute atomic E-state index is 12.1. The van der Waals surface area contributed by atoms with Gasteiger partial charge in [0, 0.05) is 18.1 Å². The van der Waals surface area contributed by atoms with Crippen molar-refractivity contribution in [1.29, 1.82) is 0 Å². The van der Waals surface area contributed by atoms with Crippen LogP contribution in [0.5, 0.6) is 0 Å². The van der Waals surface area contributed by atoms with Gasteiger partial charge in [0.1, 0.15) is 18.5 Å². The number of carbonyl (C=O) groups excluding carboxylic acids is 1. The highest BCUT2D eigenvalue weighted by Gasteiger charge is 2.47. The fraction of sp³-hybridized carbons (Fsp3) is 0.368. The second kappa shape index (κ2) is 8.52. The molecular formula is C19H21ClN6O4. The largest absolute Gasteiger partial charge is 0.387 e. The molecule has 158 valence electrons. The molecule has 0 bridgehead atoms. The molecule has 4 atom stereocenters. The van der Waals surface area contributed by atoms with Crippen molar-refractivity contribution in [2.75, 3.05) is 11.9 Å². The molecule has 0 spiro atoms. The maximum Gasteiger partial charge on any atom is 0.252 e. The number of anilines is 1. The van der Waals surface area contributed by atoms with Crippen LogP contribution in [-0.4, -0.2) is 60.5 Å². The van der Waals surface area contributed by atoms with E-state index >= 15 is 0 Å². The third kappa shape index (κ3) is 3.82. The third-order valence-electron chi connectivity index (χ3n) is 4.83. The van der Waals surface area contributed by atoms with E-state index in [9.17, 15) is 15.0 Å². The molecule has 0 aliphatic carbocycles. The van der Waals surface area contributed by atoms with Gasteiger partial charge in [0.2, 0.25) is 0 Å². The Bertz CT molecular complexity index is 1060. The average Bonchev–Trinajstić information content (AvgIpc) is 3.28. The number of rotatable bonds is 6. The zero-order valence-corrected chi connectivity index (χ0v) is 16.8. The molecule has 1 fully saturated rings. The topological polar surface area (TPSA) is 134 Å². The van der Waals surface area contributed by atoms with Gasteiger partial charge in [0.25, 0.3) is 5.91 Å². The van der Waals surface area contributed by atoms with Crippen LogP contribution in [0.15, 0.2) is 36.9 Å². The SMILES string of the molecule is CCNC(=O)C1OC(n2cnc3c(NCc4cccc(Cl)c4)ncnc32)C(O)C1O. The lowest BCUT2D eigenvalue weighted by Gasteiger charge is -2.16. The predicted molar refractivity (Wildman–Crippen MR) is 109 cm³/mol. The van der Waals surface area contributed by atoms with E-state index in [1.54, 1.807) is 13.0 Å². The van der Waals surface area contributed by atoms with Crippen LogP contribution in [0.3, 0.4) is 0 Å². The summed E-state index contributed by atoms with van der Waals surface area (Å²) in [5.41, 5.74) is 1.83. The summed E-state index contributed by atoms with van der Waals surface area (Å²) in [6.07, 6.45) is -2.11. The highest BCUT2D eigenvalue weighted by molar-refractivity contribution is 6.30. The van der Waals surface area contributed by atoms with Crippen molar-refractivity contribution in [2.24, 2.45) is 0 Å². The van der Waals surface area contributed by atoms with Gasteiger partial charge in [0.15, 0.2) is 29.3 Å². The number of amides is 1. The van der Waals surface area contributed by atoms with Gasteiger partial charge in [-0.25, -0.2) is 15.0 Å². The van der Waals surface area contributed by atoms with Gasteiger partial charge >= 0.3 is 0 Å². The number of carbonyl (C=O) groups is 1. The minimum atomic E-state index is -1.37. The summed E-state index contributed by atoms with van der Waals surface area (Å²) in [6, 6.07) is 7.43. The number of ether oxygens (including phenoxy) is 1. The second-order valence-electron chi connectivity index (χ2n) is 6.85. The number of likely N-dealkylation sites (N-methyl/N-ethyl adjacent to an activating group) is 1. The van der Waals surface area contributed by atoms with E-state index in [1.807, 2.05) is 18.2 Å². The minimum Gasteiger partial charge on any atom is -0.387 e. The Morgan fingerprint density at radius 2 is 2.10 bits per heavy atom. The molecule has 1 saturated heterocycles. The van der Waals surface area contributed by atoms with Crippen LogP contribution in [0.4, 0.5) is 5.82 Å². The van der Waals surface area contributed by atoms with Crippen molar-refractivity contribution in [3.05, 3.63) is 47.5 Å².